The first kappa shape index (κ1) is 12.1. The van der Waals surface area contributed by atoms with E-state index in [-0.39, 0.29) is 21.4 Å². The minimum atomic E-state index is -0.264. The average Bonchev–Trinajstić information content (AvgIpc) is 2.77. The monoisotopic (exact) mass is 259 g/mol. The summed E-state index contributed by atoms with van der Waals surface area (Å²) in [7, 11) is 0. The van der Waals surface area contributed by atoms with Crippen LogP contribution in [0.1, 0.15) is 45.2 Å². The number of aromatic amines is 1. The number of rotatable bonds is 1. The fourth-order valence-corrected chi connectivity index (χ4v) is 3.77. The molecule has 0 spiro atoms. The molecule has 100 valence electrons. The highest BCUT2D eigenvalue weighted by Crippen LogP contribution is 2.54. The molecule has 3 rings (SSSR count). The van der Waals surface area contributed by atoms with Crippen molar-refractivity contribution in [3.8, 4) is 0 Å². The Hall–Kier alpha value is -1.91. The van der Waals surface area contributed by atoms with Crippen LogP contribution >= 0.6 is 0 Å². The van der Waals surface area contributed by atoms with Crippen molar-refractivity contribution < 1.29 is 4.92 Å². The number of fused-ring (bicyclic) bond motifs is 2. The van der Waals surface area contributed by atoms with E-state index in [0.717, 1.165) is 23.1 Å². The van der Waals surface area contributed by atoms with Gasteiger partial charge in [-0.1, -0.05) is 27.7 Å². The van der Waals surface area contributed by atoms with Gasteiger partial charge in [0.25, 0.3) is 5.69 Å². The summed E-state index contributed by atoms with van der Waals surface area (Å²) in [5.74, 6) is 0. The van der Waals surface area contributed by atoms with Gasteiger partial charge in [-0.15, -0.1) is 0 Å². The standard InChI is InChI=1S/C14H17N3O2/c1-13(2)7-14(3,4)11-9(13)5-10-8(6-15-16-10)12(11)17(18)19/h5-6H,7H2,1-4H3,(H,15,16). The summed E-state index contributed by atoms with van der Waals surface area (Å²) < 4.78 is 0. The highest BCUT2D eigenvalue weighted by Gasteiger charge is 2.47. The number of nitrogens with one attached hydrogen (secondary N) is 1. The molecule has 0 fully saturated rings. The molecule has 0 radical (unpaired) electrons. The van der Waals surface area contributed by atoms with Crippen LogP contribution in [0.15, 0.2) is 12.3 Å². The number of nitro benzene ring substituents is 1. The maximum absolute atomic E-state index is 11.5. The van der Waals surface area contributed by atoms with Gasteiger partial charge in [-0.3, -0.25) is 15.2 Å². The molecule has 1 N–H and O–H groups in total. The van der Waals surface area contributed by atoms with Gasteiger partial charge < -0.3 is 0 Å². The van der Waals surface area contributed by atoms with Gasteiger partial charge >= 0.3 is 0 Å². The number of H-pyrrole nitrogens is 1. The summed E-state index contributed by atoms with van der Waals surface area (Å²) in [6.07, 6.45) is 2.46. The first-order chi connectivity index (χ1) is 8.74. The zero-order valence-corrected chi connectivity index (χ0v) is 11.6. The van der Waals surface area contributed by atoms with E-state index >= 15 is 0 Å². The third-order valence-corrected chi connectivity index (χ3v) is 4.19. The summed E-state index contributed by atoms with van der Waals surface area (Å²) in [6, 6.07) is 2.03. The SMILES string of the molecule is CC1(C)CC(C)(C)c2c1cc1[nH]ncc1c2[N+](=O)[O-]. The second kappa shape index (κ2) is 3.35. The predicted octanol–water partition coefficient (Wildman–Crippen LogP) is 3.43. The molecule has 2 aromatic rings. The summed E-state index contributed by atoms with van der Waals surface area (Å²) in [5.41, 5.74) is 2.67. The van der Waals surface area contributed by atoms with Crippen molar-refractivity contribution in [3.63, 3.8) is 0 Å². The number of hydrogen-bond acceptors (Lipinski definition) is 3. The zero-order valence-electron chi connectivity index (χ0n) is 11.6. The number of hydrogen-bond donors (Lipinski definition) is 1. The van der Waals surface area contributed by atoms with Crippen molar-refractivity contribution >= 4 is 16.6 Å². The van der Waals surface area contributed by atoms with Gasteiger partial charge in [0, 0.05) is 5.56 Å². The Morgan fingerprint density at radius 1 is 1.32 bits per heavy atom. The lowest BCUT2D eigenvalue weighted by atomic mass is 9.81. The van der Waals surface area contributed by atoms with E-state index in [0.29, 0.717) is 5.39 Å². The van der Waals surface area contributed by atoms with E-state index in [1.807, 2.05) is 6.07 Å². The van der Waals surface area contributed by atoms with Gasteiger partial charge in [0.05, 0.1) is 22.0 Å². The molecule has 0 saturated heterocycles. The van der Waals surface area contributed by atoms with E-state index in [4.69, 9.17) is 0 Å². The fourth-order valence-electron chi connectivity index (χ4n) is 3.77. The maximum atomic E-state index is 11.5. The number of aromatic nitrogens is 2. The van der Waals surface area contributed by atoms with Crippen molar-refractivity contribution in [2.45, 2.75) is 44.9 Å². The van der Waals surface area contributed by atoms with Crippen molar-refractivity contribution in [3.05, 3.63) is 33.5 Å². The van der Waals surface area contributed by atoms with Gasteiger partial charge in [0.2, 0.25) is 0 Å². The molecule has 1 aromatic carbocycles. The first-order valence-corrected chi connectivity index (χ1v) is 6.39. The molecule has 1 aliphatic rings. The second-order valence-electron chi connectivity index (χ2n) is 6.68. The van der Waals surface area contributed by atoms with Crippen molar-refractivity contribution in [1.82, 2.24) is 10.2 Å². The fraction of sp³-hybridized carbons (Fsp3) is 0.500. The number of nitrogens with zero attached hydrogens (tertiary/aromatic N) is 2. The van der Waals surface area contributed by atoms with Crippen LogP contribution < -0.4 is 0 Å². The molecule has 0 amide bonds. The molecule has 1 aromatic heterocycles. The van der Waals surface area contributed by atoms with Crippen LogP contribution in [0.3, 0.4) is 0 Å². The number of nitro groups is 1. The Labute approximate surface area is 111 Å². The highest BCUT2D eigenvalue weighted by atomic mass is 16.6. The molecule has 0 aliphatic heterocycles. The average molecular weight is 259 g/mol. The molecule has 1 heterocycles. The van der Waals surface area contributed by atoms with E-state index in [1.54, 1.807) is 6.20 Å². The third kappa shape index (κ3) is 1.50. The van der Waals surface area contributed by atoms with Crippen LogP contribution in [0, 0.1) is 10.1 Å². The quantitative estimate of drug-likeness (QED) is 0.630. The minimum absolute atomic E-state index is 0.0527. The van der Waals surface area contributed by atoms with Crippen LogP contribution in [0.5, 0.6) is 0 Å². The Kier molecular flexibility index (Phi) is 2.14. The molecule has 5 heteroatoms. The van der Waals surface area contributed by atoms with Crippen LogP contribution in [-0.4, -0.2) is 15.1 Å². The van der Waals surface area contributed by atoms with E-state index in [2.05, 4.69) is 37.9 Å². The molecular formula is C14H17N3O2. The van der Waals surface area contributed by atoms with Gasteiger partial charge in [-0.25, -0.2) is 0 Å². The predicted molar refractivity (Wildman–Crippen MR) is 73.4 cm³/mol. The summed E-state index contributed by atoms with van der Waals surface area (Å²) in [6.45, 7) is 8.46. The lowest BCUT2D eigenvalue weighted by Crippen LogP contribution is -2.18. The van der Waals surface area contributed by atoms with Crippen molar-refractivity contribution in [1.29, 1.82) is 0 Å². The van der Waals surface area contributed by atoms with Crippen molar-refractivity contribution in [2.24, 2.45) is 0 Å². The molecular weight excluding hydrogens is 242 g/mol. The lowest BCUT2D eigenvalue weighted by Gasteiger charge is -2.22. The minimum Gasteiger partial charge on any atom is -0.278 e. The van der Waals surface area contributed by atoms with Crippen LogP contribution in [0.25, 0.3) is 10.9 Å². The molecule has 19 heavy (non-hydrogen) atoms. The summed E-state index contributed by atoms with van der Waals surface area (Å²) in [5, 5.41) is 18.9. The second-order valence-corrected chi connectivity index (χ2v) is 6.68. The topological polar surface area (TPSA) is 71.8 Å². The third-order valence-electron chi connectivity index (χ3n) is 4.19. The van der Waals surface area contributed by atoms with Crippen LogP contribution in [0.4, 0.5) is 5.69 Å². The van der Waals surface area contributed by atoms with E-state index in [9.17, 15) is 10.1 Å². The van der Waals surface area contributed by atoms with Gasteiger partial charge in [-0.05, 0) is 28.9 Å². The summed E-state index contributed by atoms with van der Waals surface area (Å²) in [4.78, 5) is 11.3. The Balaban J connectivity index is 2.51. The maximum Gasteiger partial charge on any atom is 0.284 e. The van der Waals surface area contributed by atoms with Crippen LogP contribution in [-0.2, 0) is 10.8 Å². The molecule has 0 atom stereocenters. The molecule has 0 bridgehead atoms. The number of benzene rings is 1. The van der Waals surface area contributed by atoms with Crippen LogP contribution in [0.2, 0.25) is 0 Å². The summed E-state index contributed by atoms with van der Waals surface area (Å²) >= 11 is 0. The zero-order chi connectivity index (χ0) is 14.0. The van der Waals surface area contributed by atoms with E-state index in [1.165, 1.54) is 0 Å². The normalized spacial score (nSPS) is 19.6. The Morgan fingerprint density at radius 2 is 2.00 bits per heavy atom. The Bertz CT molecular complexity index is 698. The Morgan fingerprint density at radius 3 is 2.63 bits per heavy atom. The molecule has 1 aliphatic carbocycles. The van der Waals surface area contributed by atoms with Gasteiger partial charge in [0.1, 0.15) is 0 Å². The van der Waals surface area contributed by atoms with Gasteiger partial charge in [0.15, 0.2) is 0 Å². The van der Waals surface area contributed by atoms with E-state index < -0.39 is 0 Å². The molecule has 5 nitrogen and oxygen atoms in total. The first-order valence-electron chi connectivity index (χ1n) is 6.39. The highest BCUT2D eigenvalue weighted by molar-refractivity contribution is 5.91. The van der Waals surface area contributed by atoms with Crippen molar-refractivity contribution in [2.75, 3.05) is 0 Å². The molecule has 0 unspecified atom stereocenters. The largest absolute Gasteiger partial charge is 0.284 e. The lowest BCUT2D eigenvalue weighted by molar-refractivity contribution is -0.384. The smallest absolute Gasteiger partial charge is 0.278 e. The molecule has 0 saturated carbocycles. The van der Waals surface area contributed by atoms with Gasteiger partial charge in [-0.2, -0.15) is 5.10 Å².